The van der Waals surface area contributed by atoms with Gasteiger partial charge in [0.05, 0.1) is 23.8 Å². The Hall–Kier alpha value is -3.25. The molecule has 0 radical (unpaired) electrons. The van der Waals surface area contributed by atoms with Crippen LogP contribution in [0.4, 0.5) is 5.69 Å². The summed E-state index contributed by atoms with van der Waals surface area (Å²) in [4.78, 5) is 43.1. The Balaban J connectivity index is 1.76. The minimum atomic E-state index is -0.616. The maximum absolute atomic E-state index is 13.0. The standard InChI is InChI=1S/C27H28N2O4/c1-17(30)20-15-21(26(32)33-3)25-27(22-11-7-8-12-23(22)29(25)18(2)31)13-14-28(24(20)27)16-19-9-5-4-6-10-19/h4-12,20,24H,13-16H2,1-3H3/t20-,24-,27+/m1/s1. The summed E-state index contributed by atoms with van der Waals surface area (Å²) in [6.45, 7) is 4.61. The molecule has 1 aliphatic carbocycles. The zero-order valence-electron chi connectivity index (χ0n) is 19.2. The molecular formula is C27H28N2O4. The largest absolute Gasteiger partial charge is 0.466 e. The molecule has 2 aliphatic heterocycles. The van der Waals surface area contributed by atoms with Crippen LogP contribution >= 0.6 is 0 Å². The highest BCUT2D eigenvalue weighted by atomic mass is 16.5. The zero-order chi connectivity index (χ0) is 23.3. The summed E-state index contributed by atoms with van der Waals surface area (Å²) in [7, 11) is 1.36. The van der Waals surface area contributed by atoms with E-state index in [1.54, 1.807) is 11.8 Å². The lowest BCUT2D eigenvalue weighted by atomic mass is 9.62. The number of carbonyl (C=O) groups is 3. The maximum atomic E-state index is 13.0. The molecule has 33 heavy (non-hydrogen) atoms. The number of Topliss-reactive ketones (excluding diaryl/α,β-unsaturated/α-hetero) is 1. The number of hydrogen-bond acceptors (Lipinski definition) is 5. The number of para-hydroxylation sites is 1. The number of likely N-dealkylation sites (tertiary alicyclic amines) is 1. The molecule has 3 aliphatic rings. The highest BCUT2D eigenvalue weighted by molar-refractivity contribution is 6.04. The van der Waals surface area contributed by atoms with Crippen molar-refractivity contribution in [1.82, 2.24) is 4.90 Å². The van der Waals surface area contributed by atoms with Crippen molar-refractivity contribution < 1.29 is 19.1 Å². The summed E-state index contributed by atoms with van der Waals surface area (Å²) in [5.74, 6) is -0.917. The summed E-state index contributed by atoms with van der Waals surface area (Å²) < 4.78 is 5.16. The van der Waals surface area contributed by atoms with Crippen molar-refractivity contribution in [1.29, 1.82) is 0 Å². The van der Waals surface area contributed by atoms with Gasteiger partial charge >= 0.3 is 5.97 Å². The molecule has 1 spiro atoms. The van der Waals surface area contributed by atoms with Crippen LogP contribution in [-0.2, 0) is 31.1 Å². The van der Waals surface area contributed by atoms with E-state index in [4.69, 9.17) is 4.74 Å². The third-order valence-corrected chi connectivity index (χ3v) is 7.55. The number of ether oxygens (including phenoxy) is 1. The van der Waals surface area contributed by atoms with Gasteiger partial charge in [0.1, 0.15) is 5.78 Å². The topological polar surface area (TPSA) is 66.9 Å². The van der Waals surface area contributed by atoms with E-state index in [1.165, 1.54) is 19.6 Å². The third-order valence-electron chi connectivity index (χ3n) is 7.55. The molecule has 0 bridgehead atoms. The summed E-state index contributed by atoms with van der Waals surface area (Å²) >= 11 is 0. The summed E-state index contributed by atoms with van der Waals surface area (Å²) in [6.07, 6.45) is 0.998. The van der Waals surface area contributed by atoms with Crippen LogP contribution in [0.2, 0.25) is 0 Å². The van der Waals surface area contributed by atoms with Gasteiger partial charge in [0, 0.05) is 37.7 Å². The lowest BCUT2D eigenvalue weighted by molar-refractivity contribution is -0.137. The van der Waals surface area contributed by atoms with Crippen LogP contribution in [0.15, 0.2) is 65.9 Å². The van der Waals surface area contributed by atoms with Crippen LogP contribution in [0.1, 0.15) is 37.8 Å². The summed E-state index contributed by atoms with van der Waals surface area (Å²) in [5, 5.41) is 0. The molecule has 5 rings (SSSR count). The predicted molar refractivity (Wildman–Crippen MR) is 124 cm³/mol. The molecule has 170 valence electrons. The molecular weight excluding hydrogens is 416 g/mol. The van der Waals surface area contributed by atoms with E-state index in [0.717, 1.165) is 24.2 Å². The lowest BCUT2D eigenvalue weighted by Crippen LogP contribution is -2.54. The van der Waals surface area contributed by atoms with E-state index < -0.39 is 11.4 Å². The highest BCUT2D eigenvalue weighted by Crippen LogP contribution is 2.61. The normalized spacial score (nSPS) is 26.0. The minimum absolute atomic E-state index is 0.0542. The Morgan fingerprint density at radius 1 is 1.03 bits per heavy atom. The van der Waals surface area contributed by atoms with E-state index in [0.29, 0.717) is 17.8 Å². The smallest absolute Gasteiger partial charge is 0.335 e. The number of hydrogen-bond donors (Lipinski definition) is 0. The Labute approximate surface area is 193 Å². The molecule has 0 N–H and O–H groups in total. The van der Waals surface area contributed by atoms with Crippen molar-refractivity contribution in [3.05, 3.63) is 77.0 Å². The van der Waals surface area contributed by atoms with Crippen molar-refractivity contribution in [2.24, 2.45) is 5.92 Å². The Bertz CT molecular complexity index is 1170. The van der Waals surface area contributed by atoms with Gasteiger partial charge in [-0.25, -0.2) is 4.79 Å². The van der Waals surface area contributed by atoms with Crippen molar-refractivity contribution >= 4 is 23.3 Å². The second kappa shape index (κ2) is 7.96. The third kappa shape index (κ3) is 3.08. The summed E-state index contributed by atoms with van der Waals surface area (Å²) in [6, 6.07) is 18.0. The van der Waals surface area contributed by atoms with Crippen molar-refractivity contribution in [2.45, 2.75) is 44.7 Å². The molecule has 2 aromatic carbocycles. The van der Waals surface area contributed by atoms with Crippen LogP contribution in [0.5, 0.6) is 0 Å². The SMILES string of the molecule is COC(=O)C1=C2N(C(C)=O)c3ccccc3[C@]23CCN(Cc2ccccc2)[C@@H]3[C@@H](C(C)=O)C1. The number of methoxy groups -OCH3 is 1. The number of carbonyl (C=O) groups excluding carboxylic acids is 3. The predicted octanol–water partition coefficient (Wildman–Crippen LogP) is 3.60. The van der Waals surface area contributed by atoms with Gasteiger partial charge < -0.3 is 4.74 Å². The number of nitrogens with zero attached hydrogens (tertiary/aromatic N) is 2. The van der Waals surface area contributed by atoms with Crippen LogP contribution < -0.4 is 4.90 Å². The average molecular weight is 445 g/mol. The molecule has 2 heterocycles. The Morgan fingerprint density at radius 3 is 2.39 bits per heavy atom. The van der Waals surface area contributed by atoms with E-state index in [-0.39, 0.29) is 30.1 Å². The van der Waals surface area contributed by atoms with Gasteiger partial charge in [-0.2, -0.15) is 0 Å². The number of benzene rings is 2. The van der Waals surface area contributed by atoms with Gasteiger partial charge in [0.25, 0.3) is 0 Å². The molecule has 1 amide bonds. The number of anilines is 1. The minimum Gasteiger partial charge on any atom is -0.466 e. The molecule has 0 aromatic heterocycles. The Morgan fingerprint density at radius 2 is 1.73 bits per heavy atom. The van der Waals surface area contributed by atoms with E-state index in [1.807, 2.05) is 36.4 Å². The highest BCUT2D eigenvalue weighted by Gasteiger charge is 2.64. The van der Waals surface area contributed by atoms with Gasteiger partial charge in [-0.05, 0) is 37.0 Å². The van der Waals surface area contributed by atoms with Crippen LogP contribution in [0.25, 0.3) is 0 Å². The first-order valence-electron chi connectivity index (χ1n) is 11.4. The molecule has 0 saturated carbocycles. The number of amides is 1. The van der Waals surface area contributed by atoms with Gasteiger partial charge in [0.15, 0.2) is 0 Å². The molecule has 1 fully saturated rings. The van der Waals surface area contributed by atoms with Gasteiger partial charge in [-0.15, -0.1) is 0 Å². The second-order valence-electron chi connectivity index (χ2n) is 9.23. The van der Waals surface area contributed by atoms with Crippen LogP contribution in [-0.4, -0.2) is 42.3 Å². The number of fused-ring (bicyclic) bond motifs is 1. The van der Waals surface area contributed by atoms with Crippen molar-refractivity contribution in [2.75, 3.05) is 18.6 Å². The van der Waals surface area contributed by atoms with Crippen molar-refractivity contribution in [3.63, 3.8) is 0 Å². The fourth-order valence-corrected chi connectivity index (χ4v) is 6.39. The lowest BCUT2D eigenvalue weighted by Gasteiger charge is -2.45. The molecule has 1 saturated heterocycles. The van der Waals surface area contributed by atoms with E-state index >= 15 is 0 Å². The first-order chi connectivity index (χ1) is 15.9. The molecule has 3 atom stereocenters. The molecule has 0 unspecified atom stereocenters. The van der Waals surface area contributed by atoms with Gasteiger partial charge in [-0.3, -0.25) is 19.4 Å². The number of rotatable bonds is 4. The number of esters is 1. The fourth-order valence-electron chi connectivity index (χ4n) is 6.39. The van der Waals surface area contributed by atoms with Gasteiger partial charge in [-0.1, -0.05) is 48.5 Å². The quantitative estimate of drug-likeness (QED) is 0.674. The monoisotopic (exact) mass is 444 g/mol. The van der Waals surface area contributed by atoms with Crippen molar-refractivity contribution in [3.8, 4) is 0 Å². The second-order valence-corrected chi connectivity index (χ2v) is 9.23. The van der Waals surface area contributed by atoms with Gasteiger partial charge in [0.2, 0.25) is 5.91 Å². The van der Waals surface area contributed by atoms with Crippen LogP contribution in [0.3, 0.4) is 0 Å². The maximum Gasteiger partial charge on any atom is 0.335 e. The Kier molecular flexibility index (Phi) is 5.20. The summed E-state index contributed by atoms with van der Waals surface area (Å²) in [5.41, 5.74) is 3.54. The van der Waals surface area contributed by atoms with E-state index in [9.17, 15) is 14.4 Å². The molecule has 6 heteroatoms. The molecule has 6 nitrogen and oxygen atoms in total. The fraction of sp³-hybridized carbons (Fsp3) is 0.370. The average Bonchev–Trinajstić information content (AvgIpc) is 3.33. The van der Waals surface area contributed by atoms with Crippen LogP contribution in [0, 0.1) is 5.92 Å². The first kappa shape index (κ1) is 21.6. The zero-order valence-corrected chi connectivity index (χ0v) is 19.2. The van der Waals surface area contributed by atoms with E-state index in [2.05, 4.69) is 23.1 Å². The first-order valence-corrected chi connectivity index (χ1v) is 11.4. The number of ketones is 1. The molecule has 2 aromatic rings.